The average Bonchev–Trinajstić information content (AvgIpc) is 4.14. The van der Waals surface area contributed by atoms with E-state index in [2.05, 4.69) is 58.8 Å². The molecule has 65 heavy (non-hydrogen) atoms. The third-order valence-corrected chi connectivity index (χ3v) is 15.2. The Balaban J connectivity index is 0.000000157. The van der Waals surface area contributed by atoms with Crippen LogP contribution >= 0.6 is 22.7 Å². The number of amides is 1. The van der Waals surface area contributed by atoms with Crippen LogP contribution in [-0.2, 0) is 48.4 Å². The molecule has 15 nitrogen and oxygen atoms in total. The predicted octanol–water partition coefficient (Wildman–Crippen LogP) is 8.59. The second-order valence-electron chi connectivity index (χ2n) is 16.9. The van der Waals surface area contributed by atoms with Gasteiger partial charge in [-0.25, -0.2) is 19.9 Å². The van der Waals surface area contributed by atoms with E-state index < -0.39 is 5.97 Å². The Hall–Kier alpha value is -6.51. The van der Waals surface area contributed by atoms with E-state index in [9.17, 15) is 20.0 Å². The van der Waals surface area contributed by atoms with Gasteiger partial charge in [-0.05, 0) is 123 Å². The standard InChI is InChI=1S/C27H28N6O2S.C21H20N4O3S/c1-2-35-22-9-19-13-29-12-18(19)8-21(22)32-25-24-20-6-5-17(10-23(20)36-26(24)31-15-30-25)27(34)33-7-3-4-16(11-28)14-33;1-2-28-16-6-13-9-22-8-12(13)5-15(16)25-19-18-14-4-3-11(21(26)27)7-17(14)29-20(18)24-10-23-19/h8-9,12,15-17H,2-7,10,13-14H2,1H3,(H,30,31,32);5-6,8,10-11H,2-4,7,9H2,1H3,(H,26,27)(H,23,24,25). The fourth-order valence-electron chi connectivity index (χ4n) is 9.65. The molecule has 1 fully saturated rings. The number of piperidine rings is 1. The van der Waals surface area contributed by atoms with Gasteiger partial charge in [0.15, 0.2) is 0 Å². The summed E-state index contributed by atoms with van der Waals surface area (Å²) in [5.41, 5.74) is 8.62. The molecule has 11 rings (SSSR count). The van der Waals surface area contributed by atoms with Gasteiger partial charge in [0.05, 0.1) is 66.4 Å². The van der Waals surface area contributed by atoms with Crippen molar-refractivity contribution in [1.82, 2.24) is 24.8 Å². The Morgan fingerprint density at radius 2 is 1.32 bits per heavy atom. The predicted molar refractivity (Wildman–Crippen MR) is 253 cm³/mol. The van der Waals surface area contributed by atoms with Crippen LogP contribution in [0.25, 0.3) is 20.4 Å². The van der Waals surface area contributed by atoms with E-state index in [0.717, 1.165) is 127 Å². The number of aromatic nitrogens is 4. The van der Waals surface area contributed by atoms with Crippen molar-refractivity contribution in [2.24, 2.45) is 27.7 Å². The first-order valence-electron chi connectivity index (χ1n) is 22.3. The molecular weight excluding hydrogens is 861 g/mol. The van der Waals surface area contributed by atoms with Crippen LogP contribution < -0.4 is 20.1 Å². The summed E-state index contributed by atoms with van der Waals surface area (Å²) in [6.07, 6.45) is 13.0. The number of nitrogens with zero attached hydrogens (tertiary/aromatic N) is 8. The zero-order valence-electron chi connectivity index (χ0n) is 36.2. The number of thiophene rings is 2. The summed E-state index contributed by atoms with van der Waals surface area (Å²) in [4.78, 5) is 57.6. The molecule has 0 bridgehead atoms. The van der Waals surface area contributed by atoms with Crippen LogP contribution in [0.4, 0.5) is 23.0 Å². The number of hydrogen-bond donors (Lipinski definition) is 3. The number of nitrogens with one attached hydrogen (secondary N) is 2. The van der Waals surface area contributed by atoms with Gasteiger partial charge in [-0.2, -0.15) is 5.26 Å². The SMILES string of the molecule is CCOc1cc2c(cc1Nc1ncnc3sc4c(c13)CCC(C(=O)N1CCCC(C#N)C1)C4)C=NC2.CCOc1cc2c(cc1Nc1ncnc3sc4c(c13)CCC(C(=O)O)C4)C=NC2. The molecule has 2 aromatic carbocycles. The molecule has 2 aliphatic carbocycles. The second kappa shape index (κ2) is 18.2. The molecule has 1 amide bonds. The van der Waals surface area contributed by atoms with E-state index >= 15 is 0 Å². The van der Waals surface area contributed by atoms with Crippen LogP contribution in [-0.4, -0.2) is 80.6 Å². The lowest BCUT2D eigenvalue weighted by molar-refractivity contribution is -0.142. The minimum absolute atomic E-state index is 0.0343. The average molecular weight is 909 g/mol. The van der Waals surface area contributed by atoms with Gasteiger partial charge in [0, 0.05) is 41.2 Å². The quantitative estimate of drug-likeness (QED) is 0.118. The van der Waals surface area contributed by atoms with Crippen molar-refractivity contribution in [3.05, 3.63) is 80.1 Å². The molecule has 0 saturated carbocycles. The molecule has 4 aromatic heterocycles. The summed E-state index contributed by atoms with van der Waals surface area (Å²) in [6, 6.07) is 10.6. The number of aryl methyl sites for hydroxylation is 2. The highest BCUT2D eigenvalue weighted by Crippen LogP contribution is 2.44. The fraction of sp³-hybridized carbons (Fsp3) is 0.396. The van der Waals surface area contributed by atoms with E-state index in [0.29, 0.717) is 45.7 Å². The number of fused-ring (bicyclic) bond motifs is 8. The molecule has 5 aliphatic rings. The van der Waals surface area contributed by atoms with E-state index in [1.807, 2.05) is 43.3 Å². The summed E-state index contributed by atoms with van der Waals surface area (Å²) >= 11 is 3.24. The highest BCUT2D eigenvalue weighted by Gasteiger charge is 2.34. The van der Waals surface area contributed by atoms with Gasteiger partial charge in [0.1, 0.15) is 45.5 Å². The van der Waals surface area contributed by atoms with E-state index in [-0.39, 0.29) is 23.7 Å². The first-order valence-corrected chi connectivity index (χ1v) is 24.0. The number of likely N-dealkylation sites (tertiary alicyclic amines) is 1. The number of hydrogen-bond acceptors (Lipinski definition) is 15. The number of rotatable bonds is 10. The molecule has 6 aromatic rings. The number of anilines is 4. The Labute approximate surface area is 383 Å². The number of nitriles is 1. The number of carbonyl (C=O) groups excluding carboxylic acids is 1. The second-order valence-corrected chi connectivity index (χ2v) is 19.1. The molecule has 0 spiro atoms. The Bertz CT molecular complexity index is 2960. The largest absolute Gasteiger partial charge is 0.492 e. The molecule has 3 atom stereocenters. The van der Waals surface area contributed by atoms with Gasteiger partial charge in [0.25, 0.3) is 0 Å². The number of aliphatic imine (C=N–C) groups is 2. The molecule has 332 valence electrons. The van der Waals surface area contributed by atoms with Crippen molar-refractivity contribution < 1.29 is 24.2 Å². The summed E-state index contributed by atoms with van der Waals surface area (Å²) in [5.74, 6) is 2.15. The topological polar surface area (TPSA) is 200 Å². The number of aliphatic carboxylic acids is 1. The molecule has 3 unspecified atom stereocenters. The lowest BCUT2D eigenvalue weighted by Gasteiger charge is -2.33. The summed E-state index contributed by atoms with van der Waals surface area (Å²) < 4.78 is 11.8. The van der Waals surface area contributed by atoms with E-state index in [4.69, 9.17) is 9.47 Å². The maximum absolute atomic E-state index is 13.3. The minimum atomic E-state index is -0.723. The van der Waals surface area contributed by atoms with Crippen LogP contribution in [0, 0.1) is 29.1 Å². The highest BCUT2D eigenvalue weighted by molar-refractivity contribution is 7.19. The maximum Gasteiger partial charge on any atom is 0.306 e. The van der Waals surface area contributed by atoms with Crippen molar-refractivity contribution in [3.8, 4) is 17.6 Å². The number of carboxylic acids is 1. The first-order chi connectivity index (χ1) is 31.8. The number of benzene rings is 2. The zero-order valence-corrected chi connectivity index (χ0v) is 37.9. The number of carboxylic acid groups (broad SMARTS) is 1. The lowest BCUT2D eigenvalue weighted by Crippen LogP contribution is -2.43. The van der Waals surface area contributed by atoms with Crippen LogP contribution in [0.3, 0.4) is 0 Å². The van der Waals surface area contributed by atoms with Crippen molar-refractivity contribution >= 4 is 90.4 Å². The zero-order chi connectivity index (χ0) is 44.6. The normalized spacial score (nSPS) is 19.1. The molecule has 0 radical (unpaired) electrons. The van der Waals surface area contributed by atoms with Gasteiger partial charge in [-0.1, -0.05) is 0 Å². The Morgan fingerprint density at radius 3 is 1.85 bits per heavy atom. The smallest absolute Gasteiger partial charge is 0.306 e. The maximum atomic E-state index is 13.3. The van der Waals surface area contributed by atoms with Crippen LogP contribution in [0.1, 0.15) is 82.7 Å². The van der Waals surface area contributed by atoms with Crippen LogP contribution in [0.2, 0.25) is 0 Å². The molecule has 7 heterocycles. The monoisotopic (exact) mass is 908 g/mol. The third kappa shape index (κ3) is 8.36. The minimum Gasteiger partial charge on any atom is -0.492 e. The molecular formula is C48H48N10O5S2. The summed E-state index contributed by atoms with van der Waals surface area (Å²) in [6.45, 7) is 7.77. The van der Waals surface area contributed by atoms with Gasteiger partial charge in [-0.15, -0.1) is 22.7 Å². The molecule has 1 saturated heterocycles. The van der Waals surface area contributed by atoms with Crippen LogP contribution in [0.15, 0.2) is 46.9 Å². The lowest BCUT2D eigenvalue weighted by atomic mass is 9.86. The van der Waals surface area contributed by atoms with Crippen molar-refractivity contribution in [2.75, 3.05) is 36.9 Å². The summed E-state index contributed by atoms with van der Waals surface area (Å²) in [7, 11) is 0. The van der Waals surface area contributed by atoms with E-state index in [1.165, 1.54) is 16.0 Å². The highest BCUT2D eigenvalue weighted by atomic mass is 32.1. The Kier molecular flexibility index (Phi) is 11.9. The van der Waals surface area contributed by atoms with Crippen molar-refractivity contribution in [3.63, 3.8) is 0 Å². The fourth-order valence-corrected chi connectivity index (χ4v) is 12.2. The third-order valence-electron chi connectivity index (χ3n) is 12.9. The van der Waals surface area contributed by atoms with Crippen molar-refractivity contribution in [1.29, 1.82) is 5.26 Å². The summed E-state index contributed by atoms with van der Waals surface area (Å²) in [5, 5.41) is 27.7. The van der Waals surface area contributed by atoms with E-state index in [1.54, 1.807) is 35.3 Å². The number of ether oxygens (including phenoxy) is 2. The van der Waals surface area contributed by atoms with Crippen LogP contribution in [0.5, 0.6) is 11.5 Å². The van der Waals surface area contributed by atoms with Gasteiger partial charge in [-0.3, -0.25) is 19.6 Å². The van der Waals surface area contributed by atoms with Gasteiger partial charge < -0.3 is 30.1 Å². The molecule has 17 heteroatoms. The van der Waals surface area contributed by atoms with Gasteiger partial charge >= 0.3 is 5.97 Å². The van der Waals surface area contributed by atoms with Crippen molar-refractivity contribution in [2.45, 2.75) is 78.3 Å². The molecule has 3 N–H and O–H groups in total. The Morgan fingerprint density at radius 1 is 0.785 bits per heavy atom. The molecule has 3 aliphatic heterocycles. The first kappa shape index (κ1) is 42.4. The number of carbonyl (C=O) groups is 2. The van der Waals surface area contributed by atoms with Gasteiger partial charge in [0.2, 0.25) is 5.91 Å².